The summed E-state index contributed by atoms with van der Waals surface area (Å²) in [6.07, 6.45) is 0.960. The molecule has 1 atom stereocenters. The zero-order valence-electron chi connectivity index (χ0n) is 12.0. The fourth-order valence-corrected chi connectivity index (χ4v) is 2.09. The summed E-state index contributed by atoms with van der Waals surface area (Å²) in [6, 6.07) is 6.60. The van der Waals surface area contributed by atoms with Crippen LogP contribution in [-0.2, 0) is 4.74 Å². The molecule has 0 spiro atoms. The Kier molecular flexibility index (Phi) is 6.76. The van der Waals surface area contributed by atoms with Gasteiger partial charge in [-0.3, -0.25) is 0 Å². The van der Waals surface area contributed by atoms with Crippen molar-refractivity contribution in [2.24, 2.45) is 0 Å². The van der Waals surface area contributed by atoms with Crippen LogP contribution in [0.3, 0.4) is 0 Å². The molecule has 0 saturated heterocycles. The first kappa shape index (κ1) is 15.0. The number of methoxy groups -OCH3 is 1. The van der Waals surface area contributed by atoms with Gasteiger partial charge in [-0.1, -0.05) is 24.6 Å². The fraction of sp³-hybridized carbons (Fsp3) is 0.600. The first-order valence-electron chi connectivity index (χ1n) is 6.68. The lowest BCUT2D eigenvalue weighted by Gasteiger charge is -2.21. The van der Waals surface area contributed by atoms with Gasteiger partial charge in [-0.25, -0.2) is 0 Å². The molecule has 0 heterocycles. The van der Waals surface area contributed by atoms with Crippen molar-refractivity contribution in [1.82, 2.24) is 5.32 Å². The molecule has 0 fully saturated rings. The van der Waals surface area contributed by atoms with E-state index in [9.17, 15) is 0 Å². The summed E-state index contributed by atoms with van der Waals surface area (Å²) in [5.41, 5.74) is 2.48. The second-order valence-corrected chi connectivity index (χ2v) is 4.34. The lowest BCUT2D eigenvalue weighted by atomic mass is 10.0. The highest BCUT2D eigenvalue weighted by atomic mass is 16.5. The molecule has 0 aliphatic carbocycles. The highest BCUT2D eigenvalue weighted by molar-refractivity contribution is 5.39. The molecule has 3 nitrogen and oxygen atoms in total. The van der Waals surface area contributed by atoms with Gasteiger partial charge in [-0.15, -0.1) is 0 Å². The third-order valence-corrected chi connectivity index (χ3v) is 2.97. The van der Waals surface area contributed by atoms with E-state index in [0.717, 1.165) is 31.9 Å². The Labute approximate surface area is 110 Å². The molecule has 1 rings (SSSR count). The van der Waals surface area contributed by atoms with Crippen LogP contribution in [0.4, 0.5) is 0 Å². The molecule has 0 bridgehead atoms. The number of ether oxygens (including phenoxy) is 2. The minimum absolute atomic E-state index is 0.288. The van der Waals surface area contributed by atoms with E-state index in [0.29, 0.717) is 0 Å². The topological polar surface area (TPSA) is 30.5 Å². The average molecular weight is 251 g/mol. The van der Waals surface area contributed by atoms with Gasteiger partial charge in [-0.05, 0) is 32.9 Å². The molecule has 1 N–H and O–H groups in total. The zero-order chi connectivity index (χ0) is 13.4. The molecule has 0 amide bonds. The van der Waals surface area contributed by atoms with Gasteiger partial charge in [0.05, 0.1) is 7.11 Å². The van der Waals surface area contributed by atoms with Crippen molar-refractivity contribution in [1.29, 1.82) is 0 Å². The number of rotatable bonds is 8. The summed E-state index contributed by atoms with van der Waals surface area (Å²) in [7, 11) is 1.72. The molecular formula is C15H25NO2. The maximum Gasteiger partial charge on any atom is 0.123 e. The SMILES string of the molecule is CCNC(CCOCC)c1cc(C)ccc1OC. The standard InChI is InChI=1S/C15H25NO2/c1-5-16-14(9-10-18-6-2)13-11-12(3)7-8-15(13)17-4/h7-8,11,14,16H,5-6,9-10H2,1-4H3. The molecular weight excluding hydrogens is 226 g/mol. The van der Waals surface area contributed by atoms with Crippen molar-refractivity contribution in [3.05, 3.63) is 29.3 Å². The highest BCUT2D eigenvalue weighted by Crippen LogP contribution is 2.28. The van der Waals surface area contributed by atoms with E-state index in [1.807, 2.05) is 13.0 Å². The van der Waals surface area contributed by atoms with Crippen LogP contribution < -0.4 is 10.1 Å². The van der Waals surface area contributed by atoms with Crippen molar-refractivity contribution < 1.29 is 9.47 Å². The molecule has 1 aromatic rings. The second-order valence-electron chi connectivity index (χ2n) is 4.34. The van der Waals surface area contributed by atoms with Crippen LogP contribution in [0, 0.1) is 6.92 Å². The van der Waals surface area contributed by atoms with Crippen LogP contribution in [-0.4, -0.2) is 26.9 Å². The van der Waals surface area contributed by atoms with Gasteiger partial charge in [0.1, 0.15) is 5.75 Å². The Morgan fingerprint density at radius 3 is 2.67 bits per heavy atom. The maximum absolute atomic E-state index is 5.45. The van der Waals surface area contributed by atoms with E-state index < -0.39 is 0 Å². The number of benzene rings is 1. The Hall–Kier alpha value is -1.06. The van der Waals surface area contributed by atoms with Crippen molar-refractivity contribution in [3.8, 4) is 5.75 Å². The third kappa shape index (κ3) is 4.31. The lowest BCUT2D eigenvalue weighted by Crippen LogP contribution is -2.23. The van der Waals surface area contributed by atoms with E-state index in [1.165, 1.54) is 11.1 Å². The molecule has 1 aromatic carbocycles. The summed E-state index contributed by atoms with van der Waals surface area (Å²) in [6.45, 7) is 8.73. The average Bonchev–Trinajstić information content (AvgIpc) is 2.38. The van der Waals surface area contributed by atoms with Crippen LogP contribution in [0.15, 0.2) is 18.2 Å². The van der Waals surface area contributed by atoms with E-state index >= 15 is 0 Å². The first-order valence-corrected chi connectivity index (χ1v) is 6.68. The monoisotopic (exact) mass is 251 g/mol. The van der Waals surface area contributed by atoms with Crippen LogP contribution in [0.2, 0.25) is 0 Å². The fourth-order valence-electron chi connectivity index (χ4n) is 2.09. The van der Waals surface area contributed by atoms with Crippen molar-refractivity contribution in [3.63, 3.8) is 0 Å². The van der Waals surface area contributed by atoms with Gasteiger partial charge >= 0.3 is 0 Å². The molecule has 0 aliphatic rings. The largest absolute Gasteiger partial charge is 0.496 e. The minimum atomic E-state index is 0.288. The van der Waals surface area contributed by atoms with Gasteiger partial charge in [0.15, 0.2) is 0 Å². The predicted molar refractivity (Wildman–Crippen MR) is 75.3 cm³/mol. The second kappa shape index (κ2) is 8.11. The van der Waals surface area contributed by atoms with Crippen LogP contribution in [0.25, 0.3) is 0 Å². The van der Waals surface area contributed by atoms with Crippen molar-refractivity contribution in [2.45, 2.75) is 33.2 Å². The van der Waals surface area contributed by atoms with Crippen LogP contribution in [0.1, 0.15) is 37.4 Å². The molecule has 1 unspecified atom stereocenters. The number of nitrogens with one attached hydrogen (secondary N) is 1. The molecule has 3 heteroatoms. The quantitative estimate of drug-likeness (QED) is 0.720. The smallest absolute Gasteiger partial charge is 0.123 e. The van der Waals surface area contributed by atoms with Gasteiger partial charge in [0.2, 0.25) is 0 Å². The van der Waals surface area contributed by atoms with Gasteiger partial charge in [0, 0.05) is 24.8 Å². The summed E-state index contributed by atoms with van der Waals surface area (Å²) < 4.78 is 10.9. The number of hydrogen-bond donors (Lipinski definition) is 1. The third-order valence-electron chi connectivity index (χ3n) is 2.97. The normalized spacial score (nSPS) is 12.4. The molecule has 18 heavy (non-hydrogen) atoms. The summed E-state index contributed by atoms with van der Waals surface area (Å²) in [5, 5.41) is 3.50. The van der Waals surface area contributed by atoms with Crippen LogP contribution >= 0.6 is 0 Å². The zero-order valence-corrected chi connectivity index (χ0v) is 12.0. The lowest BCUT2D eigenvalue weighted by molar-refractivity contribution is 0.136. The predicted octanol–water partition coefficient (Wildman–Crippen LogP) is 3.08. The molecule has 0 aromatic heterocycles. The Morgan fingerprint density at radius 2 is 2.06 bits per heavy atom. The molecule has 0 radical (unpaired) electrons. The molecule has 0 saturated carbocycles. The Bertz CT molecular complexity index is 352. The van der Waals surface area contributed by atoms with E-state index in [-0.39, 0.29) is 6.04 Å². The Morgan fingerprint density at radius 1 is 1.28 bits per heavy atom. The van der Waals surface area contributed by atoms with Crippen LogP contribution in [0.5, 0.6) is 5.75 Å². The van der Waals surface area contributed by atoms with Gasteiger partial charge in [0.25, 0.3) is 0 Å². The minimum Gasteiger partial charge on any atom is -0.496 e. The Balaban J connectivity index is 2.85. The number of aryl methyl sites for hydroxylation is 1. The first-order chi connectivity index (χ1) is 8.72. The van der Waals surface area contributed by atoms with Gasteiger partial charge < -0.3 is 14.8 Å². The van der Waals surface area contributed by atoms with E-state index in [4.69, 9.17) is 9.47 Å². The van der Waals surface area contributed by atoms with Crippen molar-refractivity contribution >= 4 is 0 Å². The molecule has 102 valence electrons. The van der Waals surface area contributed by atoms with E-state index in [1.54, 1.807) is 7.11 Å². The van der Waals surface area contributed by atoms with E-state index in [2.05, 4.69) is 31.3 Å². The van der Waals surface area contributed by atoms with Gasteiger partial charge in [-0.2, -0.15) is 0 Å². The summed E-state index contributed by atoms with van der Waals surface area (Å²) in [4.78, 5) is 0. The highest BCUT2D eigenvalue weighted by Gasteiger charge is 2.15. The summed E-state index contributed by atoms with van der Waals surface area (Å²) in [5.74, 6) is 0.947. The molecule has 0 aliphatic heterocycles. The summed E-state index contributed by atoms with van der Waals surface area (Å²) >= 11 is 0. The van der Waals surface area contributed by atoms with Crippen molar-refractivity contribution in [2.75, 3.05) is 26.9 Å². The maximum atomic E-state index is 5.45. The number of hydrogen-bond acceptors (Lipinski definition) is 3.